The summed E-state index contributed by atoms with van der Waals surface area (Å²) in [7, 11) is -17.5. The molecule has 0 aliphatic carbocycles. The number of hydrogen-bond acceptors (Lipinski definition) is 11. The number of H-pyrrole nitrogens is 1. The van der Waals surface area contributed by atoms with Crippen LogP contribution in [0.25, 0.3) is 0 Å². The van der Waals surface area contributed by atoms with E-state index in [9.17, 15) is 38.0 Å². The Morgan fingerprint density at radius 1 is 1.22 bits per heavy atom. The smallest absolute Gasteiger partial charge is 0.384 e. The average Bonchev–Trinajstić information content (AvgIpc) is 2.80. The standard InChI is InChI=1S/C10H15F2N2O14P3S/c11-3-9(17)6(16)10(12,26-7(9)14-2-1-5(15)13-8(14)32)4-25-30(21,22)28-31(23,24)27-29(18,19)20/h1-2,6-7,16-17H,3-4H2,(H,21,22)(H,23,24)(H,13,15,32)(H2,18,19,20)/t6-,7-,9?,10-/m1/s1. The van der Waals surface area contributed by atoms with Crippen molar-refractivity contribution in [1.29, 1.82) is 0 Å². The molecule has 16 nitrogen and oxygen atoms in total. The molecule has 1 aromatic heterocycles. The Labute approximate surface area is 180 Å². The fraction of sp³-hybridized carbons (Fsp3) is 0.600. The van der Waals surface area contributed by atoms with E-state index in [0.717, 1.165) is 12.3 Å². The molecule has 0 amide bonds. The van der Waals surface area contributed by atoms with Crippen LogP contribution >= 0.6 is 35.7 Å². The largest absolute Gasteiger partial charge is 0.490 e. The number of phosphoric ester groups is 1. The second-order valence-corrected chi connectivity index (χ2v) is 11.0. The zero-order valence-electron chi connectivity index (χ0n) is 15.1. The molecule has 0 saturated carbocycles. The Morgan fingerprint density at radius 3 is 2.31 bits per heavy atom. The van der Waals surface area contributed by atoms with Crippen molar-refractivity contribution in [2.24, 2.45) is 0 Å². The lowest BCUT2D eigenvalue weighted by molar-refractivity contribution is -0.204. The number of phosphoric acid groups is 3. The first-order valence-corrected chi connectivity index (χ1v) is 12.7. The Morgan fingerprint density at radius 2 is 1.81 bits per heavy atom. The summed E-state index contributed by atoms with van der Waals surface area (Å²) in [6.45, 7) is -3.71. The van der Waals surface area contributed by atoms with Crippen LogP contribution in [-0.2, 0) is 31.6 Å². The lowest BCUT2D eigenvalue weighted by Crippen LogP contribution is -2.52. The minimum atomic E-state index is -5.92. The number of aromatic amines is 1. The van der Waals surface area contributed by atoms with Gasteiger partial charge in [-0.15, -0.1) is 0 Å². The van der Waals surface area contributed by atoms with Gasteiger partial charge in [-0.3, -0.25) is 18.9 Å². The van der Waals surface area contributed by atoms with Crippen molar-refractivity contribution in [3.63, 3.8) is 0 Å². The van der Waals surface area contributed by atoms with Gasteiger partial charge >= 0.3 is 23.5 Å². The third kappa shape index (κ3) is 6.22. The molecule has 1 saturated heterocycles. The number of hydrogen-bond donors (Lipinski definition) is 7. The van der Waals surface area contributed by atoms with E-state index in [1.807, 2.05) is 0 Å². The first-order chi connectivity index (χ1) is 14.3. The Bertz CT molecular complexity index is 1120. The number of halogens is 2. The van der Waals surface area contributed by atoms with E-state index in [0.29, 0.717) is 4.57 Å². The summed E-state index contributed by atoms with van der Waals surface area (Å²) < 4.78 is 78.1. The Kier molecular flexibility index (Phi) is 7.84. The predicted octanol–water partition coefficient (Wildman–Crippen LogP) is -0.495. The van der Waals surface area contributed by atoms with Gasteiger partial charge in [-0.05, 0) is 12.2 Å². The van der Waals surface area contributed by atoms with Crippen molar-refractivity contribution in [2.45, 2.75) is 23.8 Å². The van der Waals surface area contributed by atoms with Crippen LogP contribution in [0.5, 0.6) is 0 Å². The third-order valence-corrected chi connectivity index (χ3v) is 7.87. The maximum absolute atomic E-state index is 15.2. The molecule has 3 unspecified atom stereocenters. The molecule has 2 rings (SSSR count). The summed E-state index contributed by atoms with van der Waals surface area (Å²) in [4.78, 5) is 48.7. The lowest BCUT2D eigenvalue weighted by Gasteiger charge is -2.29. The Hall–Kier alpha value is -0.750. The van der Waals surface area contributed by atoms with Gasteiger partial charge in [0.1, 0.15) is 13.3 Å². The highest BCUT2D eigenvalue weighted by molar-refractivity contribution is 7.71. The summed E-state index contributed by atoms with van der Waals surface area (Å²) in [5, 5.41) is 20.5. The molecule has 0 bridgehead atoms. The van der Waals surface area contributed by atoms with E-state index in [-0.39, 0.29) is 0 Å². The van der Waals surface area contributed by atoms with Crippen molar-refractivity contribution in [2.75, 3.05) is 13.3 Å². The monoisotopic (exact) mass is 550 g/mol. The molecule has 1 fully saturated rings. The van der Waals surface area contributed by atoms with Crippen LogP contribution in [0.15, 0.2) is 17.1 Å². The zero-order valence-corrected chi connectivity index (χ0v) is 18.6. The van der Waals surface area contributed by atoms with E-state index in [1.54, 1.807) is 0 Å². The van der Waals surface area contributed by atoms with Gasteiger partial charge in [0.2, 0.25) is 0 Å². The molecule has 1 aliphatic heterocycles. The van der Waals surface area contributed by atoms with E-state index in [1.165, 1.54) is 0 Å². The number of rotatable bonds is 9. The molecule has 1 aromatic rings. The van der Waals surface area contributed by atoms with Crippen LogP contribution in [0.3, 0.4) is 0 Å². The fourth-order valence-electron chi connectivity index (χ4n) is 2.49. The first-order valence-electron chi connectivity index (χ1n) is 7.77. The molecule has 1 aliphatic rings. The van der Waals surface area contributed by atoms with Crippen LogP contribution in [-0.4, -0.2) is 70.2 Å². The van der Waals surface area contributed by atoms with Gasteiger partial charge in [-0.1, -0.05) is 0 Å². The first kappa shape index (κ1) is 27.5. The van der Waals surface area contributed by atoms with E-state index in [4.69, 9.17) is 31.6 Å². The molecule has 2 heterocycles. The van der Waals surface area contributed by atoms with Crippen LogP contribution < -0.4 is 5.56 Å². The van der Waals surface area contributed by atoms with E-state index >= 15 is 4.39 Å². The third-order valence-electron chi connectivity index (χ3n) is 3.78. The SMILES string of the molecule is O=c1ccn([C@@H]2O[C@](F)(COP(=O)(O)OP(=O)(O)OP(=O)(O)O)[C@H](O)C2(O)CF)c(=S)[nH]1. The number of alkyl halides is 2. The molecular weight excluding hydrogens is 535 g/mol. The summed E-state index contributed by atoms with van der Waals surface area (Å²) in [5.41, 5.74) is -3.81. The van der Waals surface area contributed by atoms with Gasteiger partial charge in [-0.2, -0.15) is 8.62 Å². The molecule has 32 heavy (non-hydrogen) atoms. The van der Waals surface area contributed by atoms with Crippen molar-refractivity contribution in [3.05, 3.63) is 27.4 Å². The van der Waals surface area contributed by atoms with Crippen molar-refractivity contribution < 1.29 is 70.1 Å². The maximum Gasteiger partial charge on any atom is 0.490 e. The van der Waals surface area contributed by atoms with E-state index in [2.05, 4.69) is 18.1 Å². The van der Waals surface area contributed by atoms with Gasteiger partial charge < -0.3 is 34.5 Å². The average molecular weight is 550 g/mol. The molecule has 184 valence electrons. The predicted molar refractivity (Wildman–Crippen MR) is 96.6 cm³/mol. The number of aromatic nitrogens is 2. The van der Waals surface area contributed by atoms with Gasteiger partial charge in [0.05, 0.1) is 0 Å². The minimum Gasteiger partial charge on any atom is -0.384 e. The Balaban J connectivity index is 2.27. The number of ether oxygens (including phenoxy) is 1. The fourth-order valence-corrected chi connectivity index (χ4v) is 5.79. The molecule has 0 radical (unpaired) electrons. The zero-order chi connectivity index (χ0) is 24.8. The summed E-state index contributed by atoms with van der Waals surface area (Å²) in [6.07, 6.45) is -4.12. The lowest BCUT2D eigenvalue weighted by atomic mass is 9.94. The van der Waals surface area contributed by atoms with Gasteiger partial charge in [0.15, 0.2) is 22.7 Å². The second kappa shape index (κ2) is 9.13. The minimum absolute atomic E-state index is 0.501. The van der Waals surface area contributed by atoms with Gasteiger partial charge in [-0.25, -0.2) is 22.5 Å². The van der Waals surface area contributed by atoms with Crippen molar-refractivity contribution >= 4 is 35.7 Å². The highest BCUT2D eigenvalue weighted by Crippen LogP contribution is 2.66. The van der Waals surface area contributed by atoms with Crippen LogP contribution in [0, 0.1) is 4.77 Å². The van der Waals surface area contributed by atoms with Crippen LogP contribution in [0.4, 0.5) is 8.78 Å². The van der Waals surface area contributed by atoms with Crippen LogP contribution in [0.2, 0.25) is 0 Å². The molecule has 0 spiro atoms. The number of nitrogens with zero attached hydrogens (tertiary/aromatic N) is 1. The van der Waals surface area contributed by atoms with Crippen molar-refractivity contribution in [1.82, 2.24) is 9.55 Å². The summed E-state index contributed by atoms with van der Waals surface area (Å²) in [5.74, 6) is -3.68. The molecule has 7 N–H and O–H groups in total. The molecular formula is C10H15F2N2O14P3S. The topological polar surface area (TPSA) is 247 Å². The van der Waals surface area contributed by atoms with Crippen LogP contribution in [0.1, 0.15) is 6.23 Å². The van der Waals surface area contributed by atoms with Gasteiger partial charge in [0, 0.05) is 12.3 Å². The normalized spacial score (nSPS) is 32.4. The molecule has 22 heteroatoms. The highest BCUT2D eigenvalue weighted by atomic mass is 32.1. The highest BCUT2D eigenvalue weighted by Gasteiger charge is 2.66. The summed E-state index contributed by atoms with van der Waals surface area (Å²) >= 11 is 4.78. The van der Waals surface area contributed by atoms with Gasteiger partial charge in [0.25, 0.3) is 11.4 Å². The maximum atomic E-state index is 15.2. The van der Waals surface area contributed by atoms with Crippen molar-refractivity contribution in [3.8, 4) is 0 Å². The molecule has 6 atom stereocenters. The second-order valence-electron chi connectivity index (χ2n) is 6.17. The summed E-state index contributed by atoms with van der Waals surface area (Å²) in [6, 6.07) is 0.828. The van der Waals surface area contributed by atoms with E-state index < -0.39 is 70.9 Å². The number of nitrogens with one attached hydrogen (secondary N) is 1. The number of aliphatic hydroxyl groups excluding tert-OH is 1. The molecule has 0 aromatic carbocycles. The number of aliphatic hydroxyl groups is 2. The quantitative estimate of drug-likeness (QED) is 0.151.